The molecule has 1 rings (SSSR count). The van der Waals surface area contributed by atoms with Gasteiger partial charge < -0.3 is 11.5 Å². The number of pyridine rings is 1. The Morgan fingerprint density at radius 2 is 2.15 bits per heavy atom. The average Bonchev–Trinajstić information content (AvgIpc) is 2.08. The number of anilines is 1. The number of nitrogens with zero attached hydrogens (tertiary/aromatic N) is 1. The van der Waals surface area contributed by atoms with Crippen molar-refractivity contribution >= 4 is 21.6 Å². The van der Waals surface area contributed by atoms with Gasteiger partial charge >= 0.3 is 0 Å². The summed E-state index contributed by atoms with van der Waals surface area (Å²) in [5.74, 6) is 0. The van der Waals surface area contributed by atoms with Crippen molar-refractivity contribution in [3.8, 4) is 0 Å². The minimum absolute atomic E-state index is 0.0271. The molecule has 0 aromatic carbocycles. The zero-order valence-corrected chi connectivity index (χ0v) is 8.18. The second-order valence-electron chi connectivity index (χ2n) is 2.41. The van der Waals surface area contributed by atoms with Crippen LogP contribution in [0.15, 0.2) is 10.7 Å². The van der Waals surface area contributed by atoms with Crippen LogP contribution in [0.2, 0.25) is 0 Å². The van der Waals surface area contributed by atoms with Crippen molar-refractivity contribution in [1.82, 2.24) is 4.98 Å². The number of aromatic nitrogens is 1. The summed E-state index contributed by atoms with van der Waals surface area (Å²) in [4.78, 5) is 3.57. The number of hydrogen-bond acceptors (Lipinski definition) is 3. The highest BCUT2D eigenvalue weighted by Crippen LogP contribution is 2.27. The Hall–Kier alpha value is -0.750. The third kappa shape index (κ3) is 2.13. The third-order valence-corrected chi connectivity index (χ3v) is 1.98. The SMILES string of the molecule is NCc1cc(Br)nc(C(F)F)c1N. The maximum absolute atomic E-state index is 12.3. The number of nitrogen functional groups attached to an aromatic ring is 1. The summed E-state index contributed by atoms with van der Waals surface area (Å²) < 4.78 is 25.0. The van der Waals surface area contributed by atoms with Crippen molar-refractivity contribution in [3.63, 3.8) is 0 Å². The van der Waals surface area contributed by atoms with Crippen molar-refractivity contribution in [2.75, 3.05) is 5.73 Å². The topological polar surface area (TPSA) is 64.9 Å². The molecular formula is C7H8BrF2N3. The van der Waals surface area contributed by atoms with Crippen LogP contribution in [0.1, 0.15) is 17.7 Å². The highest BCUT2D eigenvalue weighted by atomic mass is 79.9. The Kier molecular flexibility index (Phi) is 3.16. The van der Waals surface area contributed by atoms with Crippen molar-refractivity contribution in [2.45, 2.75) is 13.0 Å². The van der Waals surface area contributed by atoms with Crippen LogP contribution in [0, 0.1) is 0 Å². The molecule has 6 heteroatoms. The van der Waals surface area contributed by atoms with E-state index in [4.69, 9.17) is 11.5 Å². The molecule has 0 spiro atoms. The Bertz CT molecular complexity index is 317. The van der Waals surface area contributed by atoms with Gasteiger partial charge in [0.2, 0.25) is 0 Å². The molecule has 0 bridgehead atoms. The molecule has 0 aliphatic rings. The molecule has 72 valence electrons. The molecule has 4 N–H and O–H groups in total. The van der Waals surface area contributed by atoms with Gasteiger partial charge in [0, 0.05) is 6.54 Å². The molecular weight excluding hydrogens is 244 g/mol. The number of halogens is 3. The Morgan fingerprint density at radius 3 is 2.62 bits per heavy atom. The monoisotopic (exact) mass is 251 g/mol. The van der Waals surface area contributed by atoms with Gasteiger partial charge in [0.15, 0.2) is 0 Å². The van der Waals surface area contributed by atoms with E-state index in [2.05, 4.69) is 20.9 Å². The van der Waals surface area contributed by atoms with Gasteiger partial charge in [-0.15, -0.1) is 0 Å². The zero-order valence-electron chi connectivity index (χ0n) is 6.60. The van der Waals surface area contributed by atoms with Crippen molar-refractivity contribution < 1.29 is 8.78 Å². The quantitative estimate of drug-likeness (QED) is 0.789. The summed E-state index contributed by atoms with van der Waals surface area (Å²) in [5.41, 5.74) is 10.8. The molecule has 1 aromatic heterocycles. The van der Waals surface area contributed by atoms with E-state index in [0.29, 0.717) is 10.2 Å². The van der Waals surface area contributed by atoms with Gasteiger partial charge in [0.05, 0.1) is 5.69 Å². The van der Waals surface area contributed by atoms with Crippen LogP contribution in [-0.4, -0.2) is 4.98 Å². The van der Waals surface area contributed by atoms with Crippen LogP contribution in [-0.2, 0) is 6.54 Å². The van der Waals surface area contributed by atoms with Crippen molar-refractivity contribution in [3.05, 3.63) is 21.9 Å². The lowest BCUT2D eigenvalue weighted by Gasteiger charge is -2.08. The van der Waals surface area contributed by atoms with Gasteiger partial charge in [-0.1, -0.05) is 0 Å². The van der Waals surface area contributed by atoms with E-state index in [1.807, 2.05) is 0 Å². The normalized spacial score (nSPS) is 10.8. The molecule has 0 amide bonds. The summed E-state index contributed by atoms with van der Waals surface area (Å²) in [5, 5.41) is 0. The first kappa shape index (κ1) is 10.3. The molecule has 1 heterocycles. The standard InChI is InChI=1S/C7H8BrF2N3/c8-4-1-3(2-11)5(12)6(13-4)7(9)10/h1,7H,2,11-12H2. The number of nitrogens with two attached hydrogens (primary N) is 2. The van der Waals surface area contributed by atoms with E-state index in [-0.39, 0.29) is 12.2 Å². The van der Waals surface area contributed by atoms with Crippen LogP contribution in [0.3, 0.4) is 0 Å². The summed E-state index contributed by atoms with van der Waals surface area (Å²) in [6.07, 6.45) is -2.68. The van der Waals surface area contributed by atoms with E-state index < -0.39 is 12.1 Å². The molecule has 0 aliphatic carbocycles. The van der Waals surface area contributed by atoms with Gasteiger partial charge in [0.1, 0.15) is 10.3 Å². The Labute approximate surface area is 82.3 Å². The first-order valence-corrected chi connectivity index (χ1v) is 4.28. The van der Waals surface area contributed by atoms with Crippen molar-refractivity contribution in [1.29, 1.82) is 0 Å². The predicted octanol–water partition coefficient (Wildman–Crippen LogP) is 1.82. The third-order valence-electron chi connectivity index (χ3n) is 1.57. The van der Waals surface area contributed by atoms with Gasteiger partial charge in [-0.25, -0.2) is 13.8 Å². The number of alkyl halides is 2. The average molecular weight is 252 g/mol. The van der Waals surface area contributed by atoms with Crippen LogP contribution in [0.25, 0.3) is 0 Å². The fourth-order valence-corrected chi connectivity index (χ4v) is 1.40. The molecule has 0 saturated heterocycles. The highest BCUT2D eigenvalue weighted by molar-refractivity contribution is 9.10. The predicted molar refractivity (Wildman–Crippen MR) is 49.2 cm³/mol. The molecule has 13 heavy (non-hydrogen) atoms. The summed E-state index contributed by atoms with van der Waals surface area (Å²) >= 11 is 3.00. The summed E-state index contributed by atoms with van der Waals surface area (Å²) in [6, 6.07) is 1.53. The van der Waals surface area contributed by atoms with Gasteiger partial charge in [-0.3, -0.25) is 0 Å². The molecule has 0 saturated carbocycles. The molecule has 0 aliphatic heterocycles. The molecule has 0 fully saturated rings. The lowest BCUT2D eigenvalue weighted by Crippen LogP contribution is -2.07. The lowest BCUT2D eigenvalue weighted by molar-refractivity contribution is 0.146. The minimum Gasteiger partial charge on any atom is -0.397 e. The second-order valence-corrected chi connectivity index (χ2v) is 3.22. The maximum atomic E-state index is 12.3. The molecule has 0 unspecified atom stereocenters. The fraction of sp³-hybridized carbons (Fsp3) is 0.286. The Morgan fingerprint density at radius 1 is 1.54 bits per heavy atom. The minimum atomic E-state index is -2.68. The first-order valence-electron chi connectivity index (χ1n) is 3.49. The number of rotatable bonds is 2. The van der Waals surface area contributed by atoms with Crippen LogP contribution in [0.4, 0.5) is 14.5 Å². The van der Waals surface area contributed by atoms with E-state index in [0.717, 1.165) is 0 Å². The molecule has 1 aromatic rings. The number of hydrogen-bond donors (Lipinski definition) is 2. The largest absolute Gasteiger partial charge is 0.397 e. The Balaban J connectivity index is 3.27. The zero-order chi connectivity index (χ0) is 10.0. The highest BCUT2D eigenvalue weighted by Gasteiger charge is 2.16. The smallest absolute Gasteiger partial charge is 0.282 e. The first-order chi connectivity index (χ1) is 6.06. The van der Waals surface area contributed by atoms with E-state index >= 15 is 0 Å². The van der Waals surface area contributed by atoms with Gasteiger partial charge in [0.25, 0.3) is 6.43 Å². The molecule has 0 radical (unpaired) electrons. The van der Waals surface area contributed by atoms with E-state index in [9.17, 15) is 8.78 Å². The lowest BCUT2D eigenvalue weighted by atomic mass is 10.2. The van der Waals surface area contributed by atoms with E-state index in [1.165, 1.54) is 6.07 Å². The van der Waals surface area contributed by atoms with Crippen LogP contribution < -0.4 is 11.5 Å². The molecule has 0 atom stereocenters. The van der Waals surface area contributed by atoms with Crippen LogP contribution >= 0.6 is 15.9 Å². The molecule has 3 nitrogen and oxygen atoms in total. The van der Waals surface area contributed by atoms with Gasteiger partial charge in [-0.2, -0.15) is 0 Å². The van der Waals surface area contributed by atoms with Gasteiger partial charge in [-0.05, 0) is 27.6 Å². The fourth-order valence-electron chi connectivity index (χ4n) is 0.929. The van der Waals surface area contributed by atoms with E-state index in [1.54, 1.807) is 0 Å². The second kappa shape index (κ2) is 3.97. The van der Waals surface area contributed by atoms with Crippen molar-refractivity contribution in [2.24, 2.45) is 5.73 Å². The van der Waals surface area contributed by atoms with Crippen LogP contribution in [0.5, 0.6) is 0 Å². The summed E-state index contributed by atoms with van der Waals surface area (Å²) in [6.45, 7) is 0.118. The maximum Gasteiger partial charge on any atom is 0.282 e. The summed E-state index contributed by atoms with van der Waals surface area (Å²) in [7, 11) is 0.